The van der Waals surface area contributed by atoms with E-state index in [1.807, 2.05) is 13.8 Å². The molecular weight excluding hydrogens is 194 g/mol. The summed E-state index contributed by atoms with van der Waals surface area (Å²) in [6, 6.07) is -0.0867. The first-order valence-corrected chi connectivity index (χ1v) is 4.82. The van der Waals surface area contributed by atoms with Crippen molar-refractivity contribution in [2.75, 3.05) is 0 Å². The van der Waals surface area contributed by atoms with E-state index in [9.17, 15) is 9.59 Å². The minimum absolute atomic E-state index is 0.0867. The Morgan fingerprint density at radius 1 is 1.47 bits per heavy atom. The molecule has 0 spiro atoms. The Labute approximate surface area is 89.9 Å². The van der Waals surface area contributed by atoms with Crippen LogP contribution in [0.5, 0.6) is 0 Å². The molecule has 0 heterocycles. The first-order chi connectivity index (χ1) is 6.93. The van der Waals surface area contributed by atoms with Crippen molar-refractivity contribution in [2.45, 2.75) is 33.2 Å². The molecule has 1 N–H and O–H groups in total. The number of rotatable bonds is 5. The molecule has 0 aromatic carbocycles. The van der Waals surface area contributed by atoms with Gasteiger partial charge in [-0.1, -0.05) is 13.5 Å². The summed E-state index contributed by atoms with van der Waals surface area (Å²) in [5, 5.41) is 8.83. The van der Waals surface area contributed by atoms with Gasteiger partial charge in [-0.2, -0.15) is 0 Å². The van der Waals surface area contributed by atoms with Crippen molar-refractivity contribution in [3.05, 3.63) is 24.4 Å². The van der Waals surface area contributed by atoms with Crippen LogP contribution in [0, 0.1) is 0 Å². The first-order valence-electron chi connectivity index (χ1n) is 4.82. The molecule has 0 radical (unpaired) electrons. The number of aliphatic carboxylic acids is 1. The molecule has 0 aliphatic rings. The SMILES string of the molecule is C=CC(=O)N(C=C(CC)C(=O)O)C(C)C. The highest BCUT2D eigenvalue weighted by Crippen LogP contribution is 2.08. The average Bonchev–Trinajstić information content (AvgIpc) is 2.17. The summed E-state index contributed by atoms with van der Waals surface area (Å²) in [5.41, 5.74) is 0.207. The van der Waals surface area contributed by atoms with Crippen molar-refractivity contribution in [2.24, 2.45) is 0 Å². The quantitative estimate of drug-likeness (QED) is 0.705. The fourth-order valence-corrected chi connectivity index (χ4v) is 1.04. The molecule has 0 rings (SSSR count). The van der Waals surface area contributed by atoms with E-state index >= 15 is 0 Å². The number of nitrogens with zero attached hydrogens (tertiary/aromatic N) is 1. The van der Waals surface area contributed by atoms with E-state index in [0.29, 0.717) is 6.42 Å². The van der Waals surface area contributed by atoms with Gasteiger partial charge in [-0.05, 0) is 26.3 Å². The predicted octanol–water partition coefficient (Wildman–Crippen LogP) is 1.79. The number of hydrogen-bond acceptors (Lipinski definition) is 2. The van der Waals surface area contributed by atoms with Crippen LogP contribution in [-0.4, -0.2) is 27.9 Å². The monoisotopic (exact) mass is 211 g/mol. The Balaban J connectivity index is 5.02. The number of carbonyl (C=O) groups excluding carboxylic acids is 1. The van der Waals surface area contributed by atoms with E-state index in [4.69, 9.17) is 5.11 Å². The lowest BCUT2D eigenvalue weighted by molar-refractivity contribution is -0.132. The van der Waals surface area contributed by atoms with Crippen molar-refractivity contribution in [1.29, 1.82) is 0 Å². The number of amides is 1. The Kier molecular flexibility index (Phi) is 5.37. The predicted molar refractivity (Wildman–Crippen MR) is 58.2 cm³/mol. The van der Waals surface area contributed by atoms with Crippen LogP contribution in [0.4, 0.5) is 0 Å². The van der Waals surface area contributed by atoms with Crippen LogP contribution in [0.15, 0.2) is 24.4 Å². The number of hydrogen-bond donors (Lipinski definition) is 1. The molecule has 0 bridgehead atoms. The lowest BCUT2D eigenvalue weighted by atomic mass is 10.2. The molecule has 0 aliphatic carbocycles. The van der Waals surface area contributed by atoms with Crippen LogP contribution in [-0.2, 0) is 9.59 Å². The Hall–Kier alpha value is -1.58. The maximum absolute atomic E-state index is 11.4. The lowest BCUT2D eigenvalue weighted by Crippen LogP contribution is -2.31. The van der Waals surface area contributed by atoms with Gasteiger partial charge in [-0.15, -0.1) is 0 Å². The van der Waals surface area contributed by atoms with E-state index in [1.165, 1.54) is 17.2 Å². The Morgan fingerprint density at radius 3 is 2.27 bits per heavy atom. The maximum atomic E-state index is 11.4. The normalized spacial score (nSPS) is 11.3. The molecule has 1 amide bonds. The van der Waals surface area contributed by atoms with Crippen molar-refractivity contribution in [3.63, 3.8) is 0 Å². The van der Waals surface area contributed by atoms with E-state index in [0.717, 1.165) is 0 Å². The van der Waals surface area contributed by atoms with Gasteiger partial charge >= 0.3 is 5.97 Å². The molecule has 0 aromatic rings. The van der Waals surface area contributed by atoms with E-state index in [2.05, 4.69) is 6.58 Å². The fourth-order valence-electron chi connectivity index (χ4n) is 1.04. The van der Waals surface area contributed by atoms with Gasteiger partial charge in [0.15, 0.2) is 0 Å². The summed E-state index contributed by atoms with van der Waals surface area (Å²) in [5.74, 6) is -1.29. The molecule has 84 valence electrons. The van der Waals surface area contributed by atoms with Crippen LogP contribution < -0.4 is 0 Å². The van der Waals surface area contributed by atoms with Crippen molar-refractivity contribution in [3.8, 4) is 0 Å². The zero-order valence-electron chi connectivity index (χ0n) is 9.36. The highest BCUT2D eigenvalue weighted by molar-refractivity contribution is 5.91. The summed E-state index contributed by atoms with van der Waals surface area (Å²) in [6.45, 7) is 8.73. The largest absolute Gasteiger partial charge is 0.478 e. The van der Waals surface area contributed by atoms with Gasteiger partial charge in [0.05, 0.1) is 5.57 Å². The standard InChI is InChI=1S/C11H17NO3/c1-5-9(11(14)15)7-12(8(3)4)10(13)6-2/h6-8H,2,5H2,1,3-4H3,(H,14,15). The van der Waals surface area contributed by atoms with Crippen LogP contribution >= 0.6 is 0 Å². The van der Waals surface area contributed by atoms with Gasteiger partial charge < -0.3 is 10.0 Å². The molecular formula is C11H17NO3. The van der Waals surface area contributed by atoms with Crippen LogP contribution in [0.3, 0.4) is 0 Å². The molecule has 0 saturated heterocycles. The molecule has 0 aromatic heterocycles. The van der Waals surface area contributed by atoms with Crippen LogP contribution in [0.1, 0.15) is 27.2 Å². The molecule has 0 atom stereocenters. The third-order valence-corrected chi connectivity index (χ3v) is 1.94. The van der Waals surface area contributed by atoms with Crippen molar-refractivity contribution < 1.29 is 14.7 Å². The summed E-state index contributed by atoms with van der Waals surface area (Å²) in [4.78, 5) is 23.5. The van der Waals surface area contributed by atoms with Gasteiger partial charge in [0.25, 0.3) is 0 Å². The number of carbonyl (C=O) groups is 2. The smallest absolute Gasteiger partial charge is 0.333 e. The molecule has 15 heavy (non-hydrogen) atoms. The number of carboxylic acids is 1. The van der Waals surface area contributed by atoms with Crippen LogP contribution in [0.25, 0.3) is 0 Å². The Morgan fingerprint density at radius 2 is 2.00 bits per heavy atom. The second-order valence-electron chi connectivity index (χ2n) is 3.36. The van der Waals surface area contributed by atoms with Crippen molar-refractivity contribution in [1.82, 2.24) is 4.90 Å². The lowest BCUT2D eigenvalue weighted by Gasteiger charge is -2.21. The van der Waals surface area contributed by atoms with E-state index in [-0.39, 0.29) is 17.5 Å². The highest BCUT2D eigenvalue weighted by atomic mass is 16.4. The van der Waals surface area contributed by atoms with Crippen LogP contribution in [0.2, 0.25) is 0 Å². The Bertz CT molecular complexity index is 292. The third-order valence-electron chi connectivity index (χ3n) is 1.94. The maximum Gasteiger partial charge on any atom is 0.333 e. The molecule has 0 unspecified atom stereocenters. The van der Waals surface area contributed by atoms with Gasteiger partial charge in [0.1, 0.15) is 0 Å². The zero-order chi connectivity index (χ0) is 12.0. The van der Waals surface area contributed by atoms with Gasteiger partial charge in [-0.3, -0.25) is 4.79 Å². The van der Waals surface area contributed by atoms with Gasteiger partial charge in [0, 0.05) is 12.2 Å². The van der Waals surface area contributed by atoms with E-state index in [1.54, 1.807) is 6.92 Å². The van der Waals surface area contributed by atoms with E-state index < -0.39 is 5.97 Å². The molecule has 0 saturated carbocycles. The highest BCUT2D eigenvalue weighted by Gasteiger charge is 2.14. The second kappa shape index (κ2) is 6.01. The number of carboxylic acid groups (broad SMARTS) is 1. The second-order valence-corrected chi connectivity index (χ2v) is 3.36. The summed E-state index contributed by atoms with van der Waals surface area (Å²) < 4.78 is 0. The molecule has 4 nitrogen and oxygen atoms in total. The zero-order valence-corrected chi connectivity index (χ0v) is 9.36. The summed E-state index contributed by atoms with van der Waals surface area (Å²) in [7, 11) is 0. The third kappa shape index (κ3) is 3.97. The van der Waals surface area contributed by atoms with Gasteiger partial charge in [-0.25, -0.2) is 4.79 Å². The van der Waals surface area contributed by atoms with Crippen molar-refractivity contribution >= 4 is 11.9 Å². The van der Waals surface area contributed by atoms with Gasteiger partial charge in [0.2, 0.25) is 5.91 Å². The summed E-state index contributed by atoms with van der Waals surface area (Å²) in [6.07, 6.45) is 2.92. The molecule has 4 heteroatoms. The topological polar surface area (TPSA) is 57.6 Å². The first kappa shape index (κ1) is 13.4. The molecule has 0 aliphatic heterocycles. The molecule has 0 fully saturated rings. The fraction of sp³-hybridized carbons (Fsp3) is 0.455. The average molecular weight is 211 g/mol. The summed E-state index contributed by atoms with van der Waals surface area (Å²) >= 11 is 0. The minimum atomic E-state index is -1.000. The minimum Gasteiger partial charge on any atom is -0.478 e.